The van der Waals surface area contributed by atoms with Crippen molar-refractivity contribution in [1.82, 2.24) is 0 Å². The van der Waals surface area contributed by atoms with E-state index in [1.54, 1.807) is 0 Å². The second kappa shape index (κ2) is 36.0. The summed E-state index contributed by atoms with van der Waals surface area (Å²) in [5.74, 6) is -0.419. The molecule has 1 heterocycles. The maximum atomic E-state index is 12.8. The first kappa shape index (κ1) is 53.1. The summed E-state index contributed by atoms with van der Waals surface area (Å²) in [4.78, 5) is 12.8. The molecule has 57 heavy (non-hydrogen) atoms. The van der Waals surface area contributed by atoms with E-state index < -0.39 is 59.8 Å². The number of rotatable bonds is 37. The highest BCUT2D eigenvalue weighted by atomic mass is 32.3. The van der Waals surface area contributed by atoms with Gasteiger partial charge in [-0.05, 0) is 70.6 Å². The van der Waals surface area contributed by atoms with Crippen molar-refractivity contribution in [3.8, 4) is 0 Å². The molecule has 6 atom stereocenters. The third-order valence-corrected chi connectivity index (χ3v) is 10.1. The van der Waals surface area contributed by atoms with Crippen LogP contribution in [0.3, 0.4) is 0 Å². The molecule has 1 rings (SSSR count). The van der Waals surface area contributed by atoms with Crippen molar-refractivity contribution in [2.24, 2.45) is 0 Å². The Bertz CT molecular complexity index is 1190. The quantitative estimate of drug-likeness (QED) is 0.0203. The van der Waals surface area contributed by atoms with E-state index in [4.69, 9.17) is 23.5 Å². The molecule has 1 aliphatic rings. The summed E-state index contributed by atoms with van der Waals surface area (Å²) >= 11 is 0. The summed E-state index contributed by atoms with van der Waals surface area (Å²) in [5, 5.41) is 30.6. The summed E-state index contributed by atoms with van der Waals surface area (Å²) in [6.07, 6.45) is 32.8. The largest absolute Gasteiger partial charge is 0.457 e. The molecular weight excluding hydrogens is 753 g/mol. The minimum Gasteiger partial charge on any atom is -0.457 e. The number of aliphatic hydroxyl groups excluding tert-OH is 3. The molecule has 1 fully saturated rings. The highest BCUT2D eigenvalue weighted by Crippen LogP contribution is 2.26. The average molecular weight is 831 g/mol. The second-order valence-electron chi connectivity index (χ2n) is 14.9. The number of aliphatic hydroxyl groups is 3. The highest BCUT2D eigenvalue weighted by molar-refractivity contribution is 7.80. The first-order chi connectivity index (χ1) is 27.6. The van der Waals surface area contributed by atoms with E-state index in [2.05, 4.69) is 66.6 Å². The van der Waals surface area contributed by atoms with Crippen LogP contribution < -0.4 is 0 Å². The van der Waals surface area contributed by atoms with Crippen molar-refractivity contribution in [2.45, 2.75) is 198 Å². The molecule has 332 valence electrons. The van der Waals surface area contributed by atoms with Gasteiger partial charge in [0.15, 0.2) is 6.29 Å². The molecule has 0 radical (unpaired) electrons. The molecule has 13 heteroatoms. The number of carbonyl (C=O) groups excluding carboxylic acids is 1. The van der Waals surface area contributed by atoms with E-state index in [1.807, 2.05) is 0 Å². The zero-order valence-corrected chi connectivity index (χ0v) is 36.0. The van der Waals surface area contributed by atoms with E-state index in [9.17, 15) is 28.5 Å². The first-order valence-electron chi connectivity index (χ1n) is 21.9. The maximum Gasteiger partial charge on any atom is 0.397 e. The maximum absolute atomic E-state index is 12.8. The van der Waals surface area contributed by atoms with Crippen LogP contribution in [0.1, 0.15) is 162 Å². The molecule has 1 aliphatic heterocycles. The molecule has 0 aliphatic carbocycles. The Morgan fingerprint density at radius 2 is 1.18 bits per heavy atom. The molecule has 0 saturated carbocycles. The zero-order valence-electron chi connectivity index (χ0n) is 35.1. The van der Waals surface area contributed by atoms with Gasteiger partial charge in [-0.1, -0.05) is 133 Å². The Kier molecular flexibility index (Phi) is 33.5. The number of unbranched alkanes of at least 4 members (excludes halogenated alkanes) is 16. The van der Waals surface area contributed by atoms with Crippen molar-refractivity contribution in [1.29, 1.82) is 0 Å². The van der Waals surface area contributed by atoms with Crippen LogP contribution in [0.15, 0.2) is 48.6 Å². The van der Waals surface area contributed by atoms with Gasteiger partial charge >= 0.3 is 16.4 Å². The lowest BCUT2D eigenvalue weighted by atomic mass is 9.99. The molecule has 0 spiro atoms. The van der Waals surface area contributed by atoms with Gasteiger partial charge in [-0.15, -0.1) is 0 Å². The van der Waals surface area contributed by atoms with Crippen molar-refractivity contribution in [3.63, 3.8) is 0 Å². The molecule has 6 unspecified atom stereocenters. The number of esters is 1. The predicted molar refractivity (Wildman–Crippen MR) is 225 cm³/mol. The van der Waals surface area contributed by atoms with Crippen LogP contribution in [0, 0.1) is 0 Å². The van der Waals surface area contributed by atoms with E-state index >= 15 is 0 Å². The minimum absolute atomic E-state index is 0.0217. The normalized spacial score (nSPS) is 21.1. The van der Waals surface area contributed by atoms with Crippen molar-refractivity contribution in [3.05, 3.63) is 48.6 Å². The summed E-state index contributed by atoms with van der Waals surface area (Å²) in [7, 11) is -5.06. The van der Waals surface area contributed by atoms with Gasteiger partial charge in [-0.2, -0.15) is 8.42 Å². The first-order valence-corrected chi connectivity index (χ1v) is 23.3. The second-order valence-corrected chi connectivity index (χ2v) is 16.0. The van der Waals surface area contributed by atoms with Gasteiger partial charge in [-0.25, -0.2) is 4.18 Å². The van der Waals surface area contributed by atoms with Crippen LogP contribution in [-0.2, 0) is 38.3 Å². The molecule has 0 aromatic heterocycles. The zero-order chi connectivity index (χ0) is 41.8. The molecule has 0 amide bonds. The van der Waals surface area contributed by atoms with Gasteiger partial charge < -0.3 is 34.3 Å². The van der Waals surface area contributed by atoms with Crippen molar-refractivity contribution in [2.75, 3.05) is 26.4 Å². The van der Waals surface area contributed by atoms with Crippen molar-refractivity contribution < 1.29 is 56.2 Å². The highest BCUT2D eigenvalue weighted by Gasteiger charge is 2.48. The van der Waals surface area contributed by atoms with Gasteiger partial charge in [0.1, 0.15) is 30.5 Å². The van der Waals surface area contributed by atoms with Gasteiger partial charge in [-0.3, -0.25) is 9.35 Å². The smallest absolute Gasteiger partial charge is 0.397 e. The van der Waals surface area contributed by atoms with Crippen LogP contribution in [0.4, 0.5) is 0 Å². The van der Waals surface area contributed by atoms with E-state index in [0.29, 0.717) is 13.0 Å². The molecule has 0 aromatic carbocycles. The fourth-order valence-corrected chi connectivity index (χ4v) is 6.81. The molecule has 0 aromatic rings. The lowest BCUT2D eigenvalue weighted by Crippen LogP contribution is -2.60. The topological polar surface area (TPSA) is 178 Å². The number of hydrogen-bond donors (Lipinski definition) is 4. The number of carbonyl (C=O) groups is 1. The van der Waals surface area contributed by atoms with Crippen LogP contribution in [0.5, 0.6) is 0 Å². The summed E-state index contributed by atoms with van der Waals surface area (Å²) in [5.41, 5.74) is 0. The minimum atomic E-state index is -5.06. The lowest BCUT2D eigenvalue weighted by Gasteiger charge is -2.41. The van der Waals surface area contributed by atoms with Crippen LogP contribution in [0.25, 0.3) is 0 Å². The van der Waals surface area contributed by atoms with Gasteiger partial charge in [0.2, 0.25) is 0 Å². The fraction of sp³-hybridized carbons (Fsp3) is 0.795. The number of ether oxygens (including phenoxy) is 4. The Morgan fingerprint density at radius 1 is 0.667 bits per heavy atom. The number of hydrogen-bond acceptors (Lipinski definition) is 11. The Morgan fingerprint density at radius 3 is 1.72 bits per heavy atom. The molecule has 0 bridgehead atoms. The summed E-state index contributed by atoms with van der Waals surface area (Å²) < 4.78 is 59.0. The van der Waals surface area contributed by atoms with Gasteiger partial charge in [0, 0.05) is 13.0 Å². The summed E-state index contributed by atoms with van der Waals surface area (Å²) in [6.45, 7) is 3.86. The predicted octanol–water partition coefficient (Wildman–Crippen LogP) is 8.80. The van der Waals surface area contributed by atoms with E-state index in [-0.39, 0.29) is 19.6 Å². The third-order valence-electron chi connectivity index (χ3n) is 9.67. The Balaban J connectivity index is 2.47. The third kappa shape index (κ3) is 29.8. The van der Waals surface area contributed by atoms with E-state index in [1.165, 1.54) is 51.4 Å². The monoisotopic (exact) mass is 831 g/mol. The standard InChI is InChI=1S/C44H78O12S/c1-3-5-7-9-11-13-15-17-19-20-22-24-26-28-30-32-34-52-36-38(37-53-44-42(48)43(56-57(49,50)51)41(47)39(35-45)55-44)54-40(46)33-31-29-27-25-23-21-18-16-14-12-10-8-6-4-2/h10-13,16-19,38-39,41-45,47-48H,3-9,14-15,20-37H2,1-2H3,(H,49,50,51)/b12-10-,13-11-,18-16-,19-17-. The van der Waals surface area contributed by atoms with Gasteiger partial charge in [0.05, 0.1) is 19.8 Å². The van der Waals surface area contributed by atoms with Gasteiger partial charge in [0.25, 0.3) is 0 Å². The van der Waals surface area contributed by atoms with Crippen LogP contribution in [0.2, 0.25) is 0 Å². The van der Waals surface area contributed by atoms with Crippen LogP contribution >= 0.6 is 0 Å². The Labute approximate surface area is 345 Å². The molecule has 4 N–H and O–H groups in total. The average Bonchev–Trinajstić information content (AvgIpc) is 3.18. The molecule has 12 nitrogen and oxygen atoms in total. The van der Waals surface area contributed by atoms with Crippen molar-refractivity contribution >= 4 is 16.4 Å². The molecule has 1 saturated heterocycles. The summed E-state index contributed by atoms with van der Waals surface area (Å²) in [6, 6.07) is 0. The Hall–Kier alpha value is -1.94. The van der Waals surface area contributed by atoms with E-state index in [0.717, 1.165) is 83.5 Å². The van der Waals surface area contributed by atoms with Crippen LogP contribution in [-0.4, -0.2) is 97.5 Å². The fourth-order valence-electron chi connectivity index (χ4n) is 6.31. The molecular formula is C44H78O12S. The number of allylic oxidation sites excluding steroid dienone is 8. The SMILES string of the molecule is CCCC/C=C\C/C=C\CCCCCCCC(=O)OC(COCCCCCCCC/C=C\C/C=C\CCCCC)COC1OC(CO)C(O)C(OS(=O)(=O)O)C1O. The lowest BCUT2D eigenvalue weighted by molar-refractivity contribution is -0.301.